The van der Waals surface area contributed by atoms with E-state index in [-0.39, 0.29) is 28.8 Å². The number of piperidine rings is 1. The molecule has 3 rings (SSSR count). The van der Waals surface area contributed by atoms with E-state index in [2.05, 4.69) is 0 Å². The summed E-state index contributed by atoms with van der Waals surface area (Å²) >= 11 is 5.80. The maximum Gasteiger partial charge on any atom is 0.309 e. The maximum atomic E-state index is 13.5. The molecule has 0 bridgehead atoms. The molecule has 1 N–H and O–H groups in total. The van der Waals surface area contributed by atoms with E-state index in [0.29, 0.717) is 25.9 Å². The van der Waals surface area contributed by atoms with Crippen LogP contribution < -0.4 is 0 Å². The number of hydrogen-bond acceptors (Lipinski definition) is 3. The van der Waals surface area contributed by atoms with Crippen LogP contribution in [0.1, 0.15) is 29.6 Å². The van der Waals surface area contributed by atoms with Gasteiger partial charge < -0.3 is 14.9 Å². The summed E-state index contributed by atoms with van der Waals surface area (Å²) in [4.78, 5) is 39.2. The molecule has 25 heavy (non-hydrogen) atoms. The second-order valence-corrected chi connectivity index (χ2v) is 7.04. The van der Waals surface area contributed by atoms with Gasteiger partial charge in [0.15, 0.2) is 0 Å². The van der Waals surface area contributed by atoms with Gasteiger partial charge in [-0.3, -0.25) is 14.4 Å². The highest BCUT2D eigenvalue weighted by atomic mass is 35.5. The van der Waals surface area contributed by atoms with Crippen molar-refractivity contribution in [3.63, 3.8) is 0 Å². The third kappa shape index (κ3) is 2.97. The maximum absolute atomic E-state index is 13.5. The minimum atomic E-state index is -0.991. The Morgan fingerprint density at radius 1 is 1.28 bits per heavy atom. The van der Waals surface area contributed by atoms with Crippen LogP contribution in [0.2, 0.25) is 5.02 Å². The Bertz CT molecular complexity index is 726. The molecule has 2 heterocycles. The monoisotopic (exact) mass is 368 g/mol. The summed E-state index contributed by atoms with van der Waals surface area (Å²) in [5, 5.41) is 9.61. The largest absolute Gasteiger partial charge is 0.481 e. The Morgan fingerprint density at radius 2 is 1.92 bits per heavy atom. The summed E-state index contributed by atoms with van der Waals surface area (Å²) in [6.07, 6.45) is 0.737. The number of hydrogen-bond donors (Lipinski definition) is 1. The highest BCUT2D eigenvalue weighted by molar-refractivity contribution is 6.31. The van der Waals surface area contributed by atoms with E-state index >= 15 is 0 Å². The lowest BCUT2D eigenvalue weighted by Crippen LogP contribution is -2.56. The zero-order chi connectivity index (χ0) is 18.4. The van der Waals surface area contributed by atoms with Gasteiger partial charge in [0.25, 0.3) is 5.91 Å². The van der Waals surface area contributed by atoms with Crippen molar-refractivity contribution in [3.8, 4) is 0 Å². The molecule has 2 fully saturated rings. The van der Waals surface area contributed by atoms with Gasteiger partial charge in [-0.15, -0.1) is 0 Å². The van der Waals surface area contributed by atoms with Crippen molar-refractivity contribution in [3.05, 3.63) is 34.6 Å². The number of carbonyl (C=O) groups is 3. The van der Waals surface area contributed by atoms with Crippen molar-refractivity contribution in [2.24, 2.45) is 5.92 Å². The zero-order valence-electron chi connectivity index (χ0n) is 13.7. The van der Waals surface area contributed by atoms with Crippen LogP contribution in [0.25, 0.3) is 0 Å². The van der Waals surface area contributed by atoms with E-state index in [9.17, 15) is 23.9 Å². The number of carbonyl (C=O) groups excluding carboxylic acids is 2. The molecule has 134 valence electrons. The second-order valence-electron chi connectivity index (χ2n) is 6.60. The van der Waals surface area contributed by atoms with Crippen molar-refractivity contribution in [1.82, 2.24) is 9.80 Å². The van der Waals surface area contributed by atoms with Crippen molar-refractivity contribution in [2.75, 3.05) is 20.1 Å². The number of benzene rings is 1. The predicted molar refractivity (Wildman–Crippen MR) is 87.8 cm³/mol. The van der Waals surface area contributed by atoms with Crippen molar-refractivity contribution in [1.29, 1.82) is 0 Å². The molecule has 1 aromatic rings. The average molecular weight is 369 g/mol. The first-order valence-corrected chi connectivity index (χ1v) is 8.37. The SMILES string of the molecule is CN1C(=O)C[C@H](C(=O)O)C12CCN(C(=O)c1cc(F)cc(Cl)c1)CC2. The summed E-state index contributed by atoms with van der Waals surface area (Å²) in [7, 11) is 1.62. The highest BCUT2D eigenvalue weighted by Crippen LogP contribution is 2.43. The minimum absolute atomic E-state index is 0.0146. The summed E-state index contributed by atoms with van der Waals surface area (Å²) in [5.41, 5.74) is -0.606. The quantitative estimate of drug-likeness (QED) is 0.866. The fourth-order valence-corrected chi connectivity index (χ4v) is 4.16. The van der Waals surface area contributed by atoms with Crippen molar-refractivity contribution in [2.45, 2.75) is 24.8 Å². The van der Waals surface area contributed by atoms with Crippen LogP contribution in [-0.4, -0.2) is 58.4 Å². The van der Waals surface area contributed by atoms with Crippen LogP contribution in [0.3, 0.4) is 0 Å². The molecule has 2 aliphatic heterocycles. The minimum Gasteiger partial charge on any atom is -0.481 e. The van der Waals surface area contributed by atoms with E-state index in [1.54, 1.807) is 11.9 Å². The van der Waals surface area contributed by atoms with E-state index in [1.807, 2.05) is 0 Å². The van der Waals surface area contributed by atoms with E-state index in [0.717, 1.165) is 12.1 Å². The Hall–Kier alpha value is -2.15. The van der Waals surface area contributed by atoms with Crippen LogP contribution in [-0.2, 0) is 9.59 Å². The molecule has 0 aliphatic carbocycles. The zero-order valence-corrected chi connectivity index (χ0v) is 14.4. The highest BCUT2D eigenvalue weighted by Gasteiger charge is 2.55. The summed E-state index contributed by atoms with van der Waals surface area (Å²) in [5.74, 6) is -2.89. The first-order chi connectivity index (χ1) is 11.7. The molecule has 0 saturated carbocycles. The number of aliphatic carboxylic acids is 1. The van der Waals surface area contributed by atoms with Gasteiger partial charge in [0.2, 0.25) is 5.91 Å². The fraction of sp³-hybridized carbons (Fsp3) is 0.471. The van der Waals surface area contributed by atoms with Gasteiger partial charge in [-0.1, -0.05) is 11.6 Å². The number of amides is 2. The van der Waals surface area contributed by atoms with Crippen LogP contribution in [0.15, 0.2) is 18.2 Å². The topological polar surface area (TPSA) is 77.9 Å². The number of rotatable bonds is 2. The lowest BCUT2D eigenvalue weighted by molar-refractivity contribution is -0.145. The molecule has 6 nitrogen and oxygen atoms in total. The summed E-state index contributed by atoms with van der Waals surface area (Å²) in [6.45, 7) is 0.600. The van der Waals surface area contributed by atoms with Gasteiger partial charge in [0.1, 0.15) is 5.82 Å². The number of likely N-dealkylation sites (tertiary alicyclic amines) is 2. The normalized spacial score (nSPS) is 22.5. The molecule has 2 amide bonds. The van der Waals surface area contributed by atoms with Gasteiger partial charge in [0.05, 0.1) is 11.5 Å². The first-order valence-electron chi connectivity index (χ1n) is 7.99. The molecule has 8 heteroatoms. The van der Waals surface area contributed by atoms with Gasteiger partial charge >= 0.3 is 5.97 Å². The Labute approximate surface area is 149 Å². The van der Waals surface area contributed by atoms with Gasteiger partial charge in [0, 0.05) is 37.1 Å². The first kappa shape index (κ1) is 17.7. The number of carboxylic acids is 1. The van der Waals surface area contributed by atoms with Crippen molar-refractivity contribution >= 4 is 29.4 Å². The standard InChI is InChI=1S/C17H18ClFN2O4/c1-20-14(22)9-13(16(24)25)17(20)2-4-21(5-3-17)15(23)10-6-11(18)8-12(19)7-10/h6-8,13H,2-5,9H2,1H3,(H,24,25)/t13-/m1/s1. The number of halogens is 2. The van der Waals surface area contributed by atoms with E-state index in [1.165, 1.54) is 11.0 Å². The number of carboxylic acid groups (broad SMARTS) is 1. The number of nitrogens with zero attached hydrogens (tertiary/aromatic N) is 2. The third-order valence-corrected chi connectivity index (χ3v) is 5.61. The third-order valence-electron chi connectivity index (χ3n) is 5.39. The molecule has 2 aliphatic rings. The fourth-order valence-electron chi connectivity index (χ4n) is 3.94. The predicted octanol–water partition coefficient (Wildman–Crippen LogP) is 2.02. The second kappa shape index (κ2) is 6.29. The molecular weight excluding hydrogens is 351 g/mol. The van der Waals surface area contributed by atoms with Crippen LogP contribution in [0.4, 0.5) is 4.39 Å². The van der Waals surface area contributed by atoms with Crippen LogP contribution >= 0.6 is 11.6 Å². The molecule has 0 radical (unpaired) electrons. The van der Waals surface area contributed by atoms with E-state index < -0.39 is 23.2 Å². The summed E-state index contributed by atoms with van der Waals surface area (Å²) < 4.78 is 13.5. The van der Waals surface area contributed by atoms with Gasteiger partial charge in [-0.25, -0.2) is 4.39 Å². The molecule has 0 aromatic heterocycles. The van der Waals surface area contributed by atoms with Crippen molar-refractivity contribution < 1.29 is 23.9 Å². The Morgan fingerprint density at radius 3 is 2.48 bits per heavy atom. The molecule has 0 unspecified atom stereocenters. The van der Waals surface area contributed by atoms with E-state index in [4.69, 9.17) is 11.6 Å². The molecule has 1 aromatic carbocycles. The van der Waals surface area contributed by atoms with Crippen LogP contribution in [0, 0.1) is 11.7 Å². The smallest absolute Gasteiger partial charge is 0.309 e. The molecular formula is C17H18ClFN2O4. The Kier molecular flexibility index (Phi) is 4.45. The van der Waals surface area contributed by atoms with Crippen LogP contribution in [0.5, 0.6) is 0 Å². The van der Waals surface area contributed by atoms with Gasteiger partial charge in [-0.05, 0) is 31.0 Å². The van der Waals surface area contributed by atoms with Gasteiger partial charge in [-0.2, -0.15) is 0 Å². The average Bonchev–Trinajstić information content (AvgIpc) is 2.79. The molecule has 1 spiro atoms. The summed E-state index contributed by atoms with van der Waals surface area (Å²) in [6, 6.07) is 3.66. The lowest BCUT2D eigenvalue weighted by Gasteiger charge is -2.45. The lowest BCUT2D eigenvalue weighted by atomic mass is 9.77. The molecule has 1 atom stereocenters. The Balaban J connectivity index is 1.78. The molecule has 2 saturated heterocycles.